The van der Waals surface area contributed by atoms with Gasteiger partial charge in [-0.15, -0.1) is 0 Å². The molecule has 0 heterocycles. The van der Waals surface area contributed by atoms with E-state index in [1.54, 1.807) is 24.3 Å². The van der Waals surface area contributed by atoms with Crippen LogP contribution in [0.1, 0.15) is 21.5 Å². The van der Waals surface area contributed by atoms with Gasteiger partial charge in [-0.1, -0.05) is 60.1 Å². The SMILES string of the molecule is O=C(NN=C(c1ccccc1)c1ccc(Cl)cc1)c1cccc(O)c1. The monoisotopic (exact) mass is 350 g/mol. The molecule has 0 saturated carbocycles. The molecule has 3 aromatic rings. The predicted molar refractivity (Wildman–Crippen MR) is 99.1 cm³/mol. The third kappa shape index (κ3) is 4.25. The lowest BCUT2D eigenvalue weighted by molar-refractivity contribution is 0.0954. The highest BCUT2D eigenvalue weighted by molar-refractivity contribution is 6.30. The Morgan fingerprint density at radius 1 is 0.840 bits per heavy atom. The lowest BCUT2D eigenvalue weighted by Crippen LogP contribution is -2.20. The fourth-order valence-corrected chi connectivity index (χ4v) is 2.44. The van der Waals surface area contributed by atoms with Gasteiger partial charge in [-0.05, 0) is 30.3 Å². The first-order chi connectivity index (χ1) is 12.1. The number of amides is 1. The van der Waals surface area contributed by atoms with E-state index in [9.17, 15) is 9.90 Å². The number of rotatable bonds is 4. The van der Waals surface area contributed by atoms with Crippen molar-refractivity contribution in [1.82, 2.24) is 5.43 Å². The molecule has 0 saturated heterocycles. The lowest BCUT2D eigenvalue weighted by Gasteiger charge is -2.08. The van der Waals surface area contributed by atoms with Gasteiger partial charge in [0.25, 0.3) is 5.91 Å². The fourth-order valence-electron chi connectivity index (χ4n) is 2.32. The maximum Gasteiger partial charge on any atom is 0.271 e. The van der Waals surface area contributed by atoms with Gasteiger partial charge in [-0.25, -0.2) is 5.43 Å². The zero-order valence-corrected chi connectivity index (χ0v) is 13.9. The van der Waals surface area contributed by atoms with Gasteiger partial charge >= 0.3 is 0 Å². The van der Waals surface area contributed by atoms with Crippen molar-refractivity contribution in [1.29, 1.82) is 0 Å². The topological polar surface area (TPSA) is 61.7 Å². The molecule has 0 aromatic heterocycles. The molecule has 4 nitrogen and oxygen atoms in total. The molecule has 0 unspecified atom stereocenters. The molecule has 0 aliphatic carbocycles. The number of nitrogens with zero attached hydrogens (tertiary/aromatic N) is 1. The van der Waals surface area contributed by atoms with Crippen LogP contribution in [0.15, 0.2) is 84.0 Å². The van der Waals surface area contributed by atoms with Crippen molar-refractivity contribution in [3.8, 4) is 5.75 Å². The highest BCUT2D eigenvalue weighted by atomic mass is 35.5. The first kappa shape index (κ1) is 16.7. The Labute approximate surface area is 150 Å². The summed E-state index contributed by atoms with van der Waals surface area (Å²) in [7, 11) is 0. The maximum atomic E-state index is 12.3. The van der Waals surface area contributed by atoms with E-state index in [0.29, 0.717) is 16.3 Å². The summed E-state index contributed by atoms with van der Waals surface area (Å²) >= 11 is 5.95. The summed E-state index contributed by atoms with van der Waals surface area (Å²) < 4.78 is 0. The molecule has 3 aromatic carbocycles. The number of hydrogen-bond donors (Lipinski definition) is 2. The molecule has 0 atom stereocenters. The molecule has 2 N–H and O–H groups in total. The number of carbonyl (C=O) groups is 1. The van der Waals surface area contributed by atoms with Gasteiger partial charge in [0, 0.05) is 21.7 Å². The summed E-state index contributed by atoms with van der Waals surface area (Å²) in [6.07, 6.45) is 0. The van der Waals surface area contributed by atoms with Crippen LogP contribution in [0.25, 0.3) is 0 Å². The van der Waals surface area contributed by atoms with Crippen LogP contribution >= 0.6 is 11.6 Å². The number of carbonyl (C=O) groups excluding carboxylic acids is 1. The summed E-state index contributed by atoms with van der Waals surface area (Å²) in [5.74, 6) is -0.379. The zero-order chi connectivity index (χ0) is 17.6. The molecule has 1 amide bonds. The van der Waals surface area contributed by atoms with Crippen LogP contribution in [0.5, 0.6) is 5.75 Å². The minimum Gasteiger partial charge on any atom is -0.508 e. The smallest absolute Gasteiger partial charge is 0.271 e. The van der Waals surface area contributed by atoms with Crippen LogP contribution < -0.4 is 5.43 Å². The molecule has 0 aliphatic rings. The number of benzene rings is 3. The minimum atomic E-state index is -0.404. The lowest BCUT2D eigenvalue weighted by atomic mass is 10.0. The Kier molecular flexibility index (Phi) is 5.11. The second-order valence-electron chi connectivity index (χ2n) is 5.32. The number of halogens is 1. The number of nitrogens with one attached hydrogen (secondary N) is 1. The summed E-state index contributed by atoms with van der Waals surface area (Å²) in [6.45, 7) is 0. The minimum absolute atomic E-state index is 0.0256. The third-order valence-electron chi connectivity index (χ3n) is 3.54. The van der Waals surface area contributed by atoms with E-state index in [1.807, 2.05) is 42.5 Å². The Hall–Kier alpha value is -3.11. The average Bonchev–Trinajstić information content (AvgIpc) is 2.64. The quantitative estimate of drug-likeness (QED) is 0.546. The van der Waals surface area contributed by atoms with E-state index in [1.165, 1.54) is 12.1 Å². The van der Waals surface area contributed by atoms with Crippen molar-refractivity contribution in [2.45, 2.75) is 0 Å². The average molecular weight is 351 g/mol. The zero-order valence-electron chi connectivity index (χ0n) is 13.2. The Bertz CT molecular complexity index is 906. The second-order valence-corrected chi connectivity index (χ2v) is 5.76. The first-order valence-corrected chi connectivity index (χ1v) is 8.00. The highest BCUT2D eigenvalue weighted by Crippen LogP contribution is 2.15. The number of phenols is 1. The van der Waals surface area contributed by atoms with Crippen LogP contribution in [0.2, 0.25) is 5.02 Å². The molecule has 124 valence electrons. The number of hydrogen-bond acceptors (Lipinski definition) is 3. The summed E-state index contributed by atoms with van der Waals surface area (Å²) in [4.78, 5) is 12.3. The Morgan fingerprint density at radius 2 is 1.48 bits per heavy atom. The van der Waals surface area contributed by atoms with E-state index >= 15 is 0 Å². The highest BCUT2D eigenvalue weighted by Gasteiger charge is 2.10. The molecule has 0 spiro atoms. The van der Waals surface area contributed by atoms with Crippen molar-refractivity contribution in [2.75, 3.05) is 0 Å². The van der Waals surface area contributed by atoms with Crippen molar-refractivity contribution in [3.63, 3.8) is 0 Å². The molecular formula is C20H15ClN2O2. The number of aromatic hydroxyl groups is 1. The van der Waals surface area contributed by atoms with Crippen LogP contribution in [-0.4, -0.2) is 16.7 Å². The van der Waals surface area contributed by atoms with Crippen molar-refractivity contribution >= 4 is 23.2 Å². The molecule has 25 heavy (non-hydrogen) atoms. The van der Waals surface area contributed by atoms with Gasteiger partial charge in [0.05, 0.1) is 5.71 Å². The second kappa shape index (κ2) is 7.64. The molecule has 0 radical (unpaired) electrons. The van der Waals surface area contributed by atoms with Crippen LogP contribution in [0.4, 0.5) is 0 Å². The van der Waals surface area contributed by atoms with Gasteiger partial charge in [-0.3, -0.25) is 4.79 Å². The molecule has 0 bridgehead atoms. The van der Waals surface area contributed by atoms with E-state index < -0.39 is 5.91 Å². The normalized spacial score (nSPS) is 11.2. The van der Waals surface area contributed by atoms with Gasteiger partial charge < -0.3 is 5.11 Å². The molecule has 0 aliphatic heterocycles. The van der Waals surface area contributed by atoms with E-state index in [4.69, 9.17) is 11.6 Å². The van der Waals surface area contributed by atoms with Gasteiger partial charge in [0.1, 0.15) is 5.75 Å². The third-order valence-corrected chi connectivity index (χ3v) is 3.79. The maximum absolute atomic E-state index is 12.3. The largest absolute Gasteiger partial charge is 0.508 e. The van der Waals surface area contributed by atoms with Crippen LogP contribution in [-0.2, 0) is 0 Å². The fraction of sp³-hybridized carbons (Fsp3) is 0. The van der Waals surface area contributed by atoms with Gasteiger partial charge in [0.15, 0.2) is 0 Å². The van der Waals surface area contributed by atoms with E-state index in [0.717, 1.165) is 11.1 Å². The van der Waals surface area contributed by atoms with Crippen molar-refractivity contribution in [2.24, 2.45) is 5.10 Å². The van der Waals surface area contributed by atoms with Crippen LogP contribution in [0, 0.1) is 0 Å². The summed E-state index contributed by atoms with van der Waals surface area (Å²) in [5.41, 5.74) is 5.17. The molecule has 3 rings (SSSR count). The standard InChI is InChI=1S/C20H15ClN2O2/c21-17-11-9-15(10-12-17)19(14-5-2-1-3-6-14)22-23-20(25)16-7-4-8-18(24)13-16/h1-13,24H,(H,23,25). The van der Waals surface area contributed by atoms with Crippen molar-refractivity contribution in [3.05, 3.63) is 101 Å². The number of hydrazone groups is 1. The summed E-state index contributed by atoms with van der Waals surface area (Å²) in [5, 5.41) is 14.4. The van der Waals surface area contributed by atoms with E-state index in [-0.39, 0.29) is 5.75 Å². The first-order valence-electron chi connectivity index (χ1n) is 7.62. The van der Waals surface area contributed by atoms with Gasteiger partial charge in [0.2, 0.25) is 0 Å². The van der Waals surface area contributed by atoms with E-state index in [2.05, 4.69) is 10.5 Å². The van der Waals surface area contributed by atoms with Crippen LogP contribution in [0.3, 0.4) is 0 Å². The number of phenolic OH excluding ortho intramolecular Hbond substituents is 1. The van der Waals surface area contributed by atoms with Gasteiger partial charge in [-0.2, -0.15) is 5.10 Å². The summed E-state index contributed by atoms with van der Waals surface area (Å²) in [6, 6.07) is 22.9. The molecular weight excluding hydrogens is 336 g/mol. The van der Waals surface area contributed by atoms with Crippen molar-refractivity contribution < 1.29 is 9.90 Å². The predicted octanol–water partition coefficient (Wildman–Crippen LogP) is 4.23. The Morgan fingerprint density at radius 3 is 2.16 bits per heavy atom. The molecule has 5 heteroatoms. The Balaban J connectivity index is 1.93. The molecule has 0 fully saturated rings.